The Kier molecular flexibility index (Phi) is 2.59. The van der Waals surface area contributed by atoms with Crippen LogP contribution in [0, 0.1) is 6.92 Å². The molecule has 2 aromatic carbocycles. The van der Waals surface area contributed by atoms with Crippen LogP contribution < -0.4 is 14.2 Å². The molecule has 0 amide bonds. The van der Waals surface area contributed by atoms with Crippen molar-refractivity contribution in [1.82, 2.24) is 0 Å². The van der Waals surface area contributed by atoms with Crippen LogP contribution in [-0.2, 0) is 6.42 Å². The third kappa shape index (κ3) is 6.31. The van der Waals surface area contributed by atoms with E-state index in [1.807, 2.05) is 0 Å². The average molecular weight is 362 g/mol. The van der Waals surface area contributed by atoms with Crippen molar-refractivity contribution in [2.24, 2.45) is 0 Å². The van der Waals surface area contributed by atoms with Crippen LogP contribution in [0.15, 0.2) is 42.3 Å². The summed E-state index contributed by atoms with van der Waals surface area (Å²) in [5.41, 5.74) is -0.599. The predicted octanol–water partition coefficient (Wildman–Crippen LogP) is 4.16. The van der Waals surface area contributed by atoms with Crippen LogP contribution >= 0.6 is 0 Å². The van der Waals surface area contributed by atoms with Gasteiger partial charge < -0.3 is 19.3 Å². The van der Waals surface area contributed by atoms with Crippen LogP contribution in [0.4, 0.5) is 0 Å². The number of hydrogen-bond donors (Lipinski definition) is 1. The molecule has 0 aliphatic heterocycles. The fraction of sp³-hybridized carbons (Fsp3) is 0.429. The zero-order valence-electron chi connectivity index (χ0n) is 30.4. The van der Waals surface area contributed by atoms with E-state index in [1.54, 1.807) is 0 Å². The monoisotopic (exact) mass is 361 g/mol. The Morgan fingerprint density at radius 2 is 2.00 bits per heavy atom. The normalized spacial score (nSPS) is 23.8. The van der Waals surface area contributed by atoms with Gasteiger partial charge in [0.25, 0.3) is 0 Å². The number of ether oxygens (including phenoxy) is 3. The van der Waals surface area contributed by atoms with Crippen molar-refractivity contribution >= 4 is 0 Å². The van der Waals surface area contributed by atoms with Gasteiger partial charge in [-0.1, -0.05) is 24.5 Å². The fourth-order valence-electron chi connectivity index (χ4n) is 1.75. The van der Waals surface area contributed by atoms with Crippen molar-refractivity contribution < 1.29 is 42.6 Å². The van der Waals surface area contributed by atoms with Crippen molar-refractivity contribution in [2.45, 2.75) is 38.7 Å². The Morgan fingerprint density at radius 1 is 1.16 bits per heavy atom. The van der Waals surface area contributed by atoms with Crippen molar-refractivity contribution in [2.75, 3.05) is 20.6 Å². The van der Waals surface area contributed by atoms with Gasteiger partial charge >= 0.3 is 0 Å². The van der Waals surface area contributed by atoms with Crippen LogP contribution in [0.1, 0.15) is 53.6 Å². The van der Waals surface area contributed by atoms with Gasteiger partial charge in [0, 0.05) is 2.74 Å². The largest absolute Gasteiger partial charge is 0.493 e. The lowest BCUT2D eigenvalue weighted by atomic mass is 10.0. The third-order valence-corrected chi connectivity index (χ3v) is 2.92. The Labute approximate surface area is 174 Å². The summed E-state index contributed by atoms with van der Waals surface area (Å²) in [6.45, 7) is -1.69. The summed E-state index contributed by atoms with van der Waals surface area (Å²) in [6, 6.07) is -5.06. The van der Waals surface area contributed by atoms with Crippen LogP contribution in [0.2, 0.25) is 0 Å². The predicted molar refractivity (Wildman–Crippen MR) is 99.8 cm³/mol. The molecule has 0 saturated heterocycles. The molecule has 25 heavy (non-hydrogen) atoms. The number of hydrogen-bond acceptors (Lipinski definition) is 4. The van der Waals surface area contributed by atoms with Gasteiger partial charge in [-0.25, -0.2) is 0 Å². The molecule has 0 spiro atoms. The molecule has 1 N–H and O–H groups in total. The molecule has 136 valence electrons. The maximum absolute atomic E-state index is 10.5. The molecule has 0 bridgehead atoms. The molecule has 0 fully saturated rings. The first-order chi connectivity index (χ1) is 18.8. The summed E-state index contributed by atoms with van der Waals surface area (Å²) in [6.07, 6.45) is -6.59. The van der Waals surface area contributed by atoms with Gasteiger partial charge in [0.15, 0.2) is 11.5 Å². The van der Waals surface area contributed by atoms with Gasteiger partial charge in [-0.3, -0.25) is 0 Å². The highest BCUT2D eigenvalue weighted by Gasteiger charge is 2.07. The molecule has 2 aromatic rings. The minimum absolute atomic E-state index is 0.0593. The van der Waals surface area contributed by atoms with Crippen LogP contribution in [0.3, 0.4) is 0 Å². The molecule has 1 atom stereocenters. The van der Waals surface area contributed by atoms with E-state index in [0.717, 1.165) is 0 Å². The third-order valence-electron chi connectivity index (χ3n) is 2.92. The maximum Gasteiger partial charge on any atom is 0.160 e. The first-order valence-corrected chi connectivity index (χ1v) is 7.24. The van der Waals surface area contributed by atoms with E-state index in [1.165, 1.54) is 6.92 Å². The minimum Gasteiger partial charge on any atom is -0.493 e. The van der Waals surface area contributed by atoms with E-state index in [9.17, 15) is 5.11 Å². The summed E-state index contributed by atoms with van der Waals surface area (Å²) < 4.78 is 147. The lowest BCUT2D eigenvalue weighted by Gasteiger charge is -2.13. The van der Waals surface area contributed by atoms with E-state index in [-0.39, 0.29) is 5.56 Å². The van der Waals surface area contributed by atoms with Crippen molar-refractivity contribution in [1.29, 1.82) is 0 Å². The van der Waals surface area contributed by atoms with Gasteiger partial charge in [0.1, 0.15) is 12.3 Å². The molecule has 0 radical (unpaired) electrons. The number of benzene rings is 2. The Morgan fingerprint density at radius 3 is 2.84 bits per heavy atom. The molecule has 4 heteroatoms. The molecule has 1 unspecified atom stereocenters. The second-order valence-corrected chi connectivity index (χ2v) is 4.87. The van der Waals surface area contributed by atoms with E-state index in [2.05, 4.69) is 4.74 Å². The summed E-state index contributed by atoms with van der Waals surface area (Å²) in [7, 11) is -6.44. The van der Waals surface area contributed by atoms with Crippen molar-refractivity contribution in [3.63, 3.8) is 0 Å². The summed E-state index contributed by atoms with van der Waals surface area (Å²) in [5, 5.41) is 10.5. The highest BCUT2D eigenvalue weighted by atomic mass is 16.5. The SMILES string of the molecule is [2H]c1c([2H])c(C)c([2H])c(OC([2H])([2H])C(O)CCC([2H])([2H])Cc2c([2H])c([2H])c(OC([2H])([2H])[2H])c(OC([2H])([2H])[2H])c2[2H])c1[2H]. The number of rotatable bonds is 10. The van der Waals surface area contributed by atoms with Crippen LogP contribution in [0.25, 0.3) is 0 Å². The highest BCUT2D eigenvalue weighted by molar-refractivity contribution is 5.42. The highest BCUT2D eigenvalue weighted by Crippen LogP contribution is 2.28. The second kappa shape index (κ2) is 9.94. The summed E-state index contributed by atoms with van der Waals surface area (Å²) >= 11 is 0. The topological polar surface area (TPSA) is 47.9 Å². The molecular formula is C21H28O4. The summed E-state index contributed by atoms with van der Waals surface area (Å²) in [5.74, 6) is -2.72. The zero-order chi connectivity index (χ0) is 32.7. The standard InChI is InChI=1S/C21H28O4/c1-16-7-6-10-19(13-16)25-15-18(22)9-5-4-8-17-11-12-20(23-2)21(14-17)24-3/h6-7,10-14,18,22H,4-5,8-9,15H2,1-3H3/i2D3,3D3,4D2,6D,7D,10D,11D,12D,13D,14D,15D2. The van der Waals surface area contributed by atoms with E-state index in [0.29, 0.717) is 0 Å². The molecule has 0 aliphatic carbocycles. The Hall–Kier alpha value is -2.20. The van der Waals surface area contributed by atoms with Crippen molar-refractivity contribution in [3.8, 4) is 17.2 Å². The fourth-order valence-corrected chi connectivity index (χ4v) is 1.75. The molecule has 0 aromatic heterocycles. The first-order valence-electron chi connectivity index (χ1n) is 15.7. The number of aliphatic hydroxyl groups excluding tert-OH is 1. The first kappa shape index (κ1) is 6.51. The van der Waals surface area contributed by atoms with E-state index < -0.39 is 117 Å². The average Bonchev–Trinajstić information content (AvgIpc) is 2.84. The van der Waals surface area contributed by atoms with E-state index >= 15 is 0 Å². The molecule has 0 aliphatic rings. The molecule has 4 nitrogen and oxygen atoms in total. The Bertz CT molecular complexity index is 1290. The molecular weight excluding hydrogens is 316 g/mol. The van der Waals surface area contributed by atoms with Gasteiger partial charge in [-0.15, -0.1) is 0 Å². The quantitative estimate of drug-likeness (QED) is 0.690. The van der Waals surface area contributed by atoms with Crippen molar-refractivity contribution in [3.05, 3.63) is 53.4 Å². The molecule has 0 saturated carbocycles. The number of aliphatic hydroxyl groups is 1. The Balaban J connectivity index is 2.35. The number of methoxy groups -OCH3 is 2. The van der Waals surface area contributed by atoms with Crippen LogP contribution in [-0.4, -0.2) is 31.8 Å². The van der Waals surface area contributed by atoms with Gasteiger partial charge in [0.2, 0.25) is 0 Å². The molecule has 0 heterocycles. The summed E-state index contributed by atoms with van der Waals surface area (Å²) in [4.78, 5) is 0. The van der Waals surface area contributed by atoms with E-state index in [4.69, 9.17) is 32.8 Å². The second-order valence-electron chi connectivity index (χ2n) is 4.87. The zero-order valence-corrected chi connectivity index (χ0v) is 13.4. The lowest BCUT2D eigenvalue weighted by molar-refractivity contribution is 0.0976. The molecule has 2 rings (SSSR count). The van der Waals surface area contributed by atoms with Crippen LogP contribution in [0.5, 0.6) is 17.2 Å². The smallest absolute Gasteiger partial charge is 0.160 e. The van der Waals surface area contributed by atoms with Gasteiger partial charge in [0.05, 0.1) is 40.7 Å². The maximum atomic E-state index is 10.5. The van der Waals surface area contributed by atoms with Gasteiger partial charge in [-0.05, 0) is 61.4 Å². The van der Waals surface area contributed by atoms with Gasteiger partial charge in [-0.2, -0.15) is 0 Å². The minimum atomic E-state index is -3.23. The lowest BCUT2D eigenvalue weighted by Crippen LogP contribution is -2.17.